The smallest absolute Gasteiger partial charge is 0.166 e. The van der Waals surface area contributed by atoms with Crippen LogP contribution >= 0.6 is 0 Å². The van der Waals surface area contributed by atoms with Crippen molar-refractivity contribution < 1.29 is 9.53 Å². The van der Waals surface area contributed by atoms with Gasteiger partial charge in [0.25, 0.3) is 0 Å². The van der Waals surface area contributed by atoms with Crippen LogP contribution in [0.3, 0.4) is 0 Å². The standard InChI is InChI=1S/C17H16N2O2/c1-21-14-7-4-12(5-8-14)17(15-3-2-10-18-15)16-9-6-13(11-20)19-16/h2-11,17-19H,1H3. The van der Waals surface area contributed by atoms with Gasteiger partial charge in [0.15, 0.2) is 6.29 Å². The maximum absolute atomic E-state index is 10.9. The molecule has 0 saturated heterocycles. The Labute approximate surface area is 122 Å². The number of aromatic amines is 2. The highest BCUT2D eigenvalue weighted by molar-refractivity contribution is 5.72. The van der Waals surface area contributed by atoms with Crippen molar-refractivity contribution in [2.45, 2.75) is 5.92 Å². The largest absolute Gasteiger partial charge is 0.497 e. The van der Waals surface area contributed by atoms with Crippen molar-refractivity contribution >= 4 is 6.29 Å². The first kappa shape index (κ1) is 13.2. The molecular weight excluding hydrogens is 264 g/mol. The highest BCUT2D eigenvalue weighted by Crippen LogP contribution is 2.31. The van der Waals surface area contributed by atoms with E-state index in [9.17, 15) is 4.79 Å². The van der Waals surface area contributed by atoms with Crippen LogP contribution in [0.1, 0.15) is 33.4 Å². The van der Waals surface area contributed by atoms with Crippen LogP contribution in [0.4, 0.5) is 0 Å². The first-order chi connectivity index (χ1) is 10.3. The molecule has 3 rings (SSSR count). The van der Waals surface area contributed by atoms with Gasteiger partial charge in [-0.2, -0.15) is 0 Å². The molecule has 0 bridgehead atoms. The molecule has 0 aliphatic carbocycles. The average Bonchev–Trinajstić information content (AvgIpc) is 3.20. The summed E-state index contributed by atoms with van der Waals surface area (Å²) in [6, 6.07) is 15.7. The zero-order valence-electron chi connectivity index (χ0n) is 11.7. The number of aromatic nitrogens is 2. The van der Waals surface area contributed by atoms with E-state index in [1.165, 1.54) is 0 Å². The van der Waals surface area contributed by atoms with E-state index in [1.54, 1.807) is 13.2 Å². The summed E-state index contributed by atoms with van der Waals surface area (Å²) in [4.78, 5) is 17.3. The molecule has 0 amide bonds. The molecule has 0 aliphatic heterocycles. The van der Waals surface area contributed by atoms with Crippen molar-refractivity contribution in [1.29, 1.82) is 0 Å². The highest BCUT2D eigenvalue weighted by atomic mass is 16.5. The van der Waals surface area contributed by atoms with Crippen LogP contribution in [0.25, 0.3) is 0 Å². The van der Waals surface area contributed by atoms with Crippen LogP contribution in [-0.2, 0) is 0 Å². The van der Waals surface area contributed by atoms with Gasteiger partial charge in [0, 0.05) is 17.6 Å². The number of hydrogen-bond donors (Lipinski definition) is 2. The predicted molar refractivity (Wildman–Crippen MR) is 80.9 cm³/mol. The Morgan fingerprint density at radius 1 is 1.05 bits per heavy atom. The molecule has 1 unspecified atom stereocenters. The highest BCUT2D eigenvalue weighted by Gasteiger charge is 2.19. The molecule has 1 aromatic carbocycles. The number of nitrogens with one attached hydrogen (secondary N) is 2. The topological polar surface area (TPSA) is 57.9 Å². The minimum absolute atomic E-state index is 0.0274. The Kier molecular flexibility index (Phi) is 3.60. The van der Waals surface area contributed by atoms with E-state index in [1.807, 2.05) is 48.7 Å². The van der Waals surface area contributed by atoms with Gasteiger partial charge in [-0.05, 0) is 42.0 Å². The van der Waals surface area contributed by atoms with Crippen molar-refractivity contribution in [2.75, 3.05) is 7.11 Å². The third-order valence-electron chi connectivity index (χ3n) is 3.55. The van der Waals surface area contributed by atoms with E-state index in [-0.39, 0.29) is 5.92 Å². The van der Waals surface area contributed by atoms with Gasteiger partial charge in [-0.25, -0.2) is 0 Å². The van der Waals surface area contributed by atoms with Crippen LogP contribution in [0.15, 0.2) is 54.7 Å². The lowest BCUT2D eigenvalue weighted by molar-refractivity contribution is 0.111. The quantitative estimate of drug-likeness (QED) is 0.704. The van der Waals surface area contributed by atoms with Gasteiger partial charge in [-0.15, -0.1) is 0 Å². The van der Waals surface area contributed by atoms with E-state index in [0.29, 0.717) is 5.69 Å². The summed E-state index contributed by atoms with van der Waals surface area (Å²) in [7, 11) is 1.65. The van der Waals surface area contributed by atoms with Crippen LogP contribution in [-0.4, -0.2) is 23.4 Å². The number of H-pyrrole nitrogens is 2. The number of benzene rings is 1. The van der Waals surface area contributed by atoms with Gasteiger partial charge < -0.3 is 14.7 Å². The van der Waals surface area contributed by atoms with Gasteiger partial charge in [-0.1, -0.05) is 12.1 Å². The monoisotopic (exact) mass is 280 g/mol. The first-order valence-electron chi connectivity index (χ1n) is 6.73. The van der Waals surface area contributed by atoms with Crippen molar-refractivity contribution in [3.63, 3.8) is 0 Å². The number of rotatable bonds is 5. The van der Waals surface area contributed by atoms with Crippen molar-refractivity contribution in [1.82, 2.24) is 9.97 Å². The Morgan fingerprint density at radius 2 is 1.86 bits per heavy atom. The summed E-state index contributed by atoms with van der Waals surface area (Å²) in [5, 5.41) is 0. The van der Waals surface area contributed by atoms with Crippen LogP contribution in [0.5, 0.6) is 5.75 Å². The molecule has 2 aromatic heterocycles. The zero-order chi connectivity index (χ0) is 14.7. The summed E-state index contributed by atoms with van der Waals surface area (Å²) in [6.45, 7) is 0. The van der Waals surface area contributed by atoms with E-state index >= 15 is 0 Å². The van der Waals surface area contributed by atoms with Gasteiger partial charge >= 0.3 is 0 Å². The van der Waals surface area contributed by atoms with Gasteiger partial charge in [-0.3, -0.25) is 4.79 Å². The van der Waals surface area contributed by atoms with Gasteiger partial charge in [0.1, 0.15) is 5.75 Å². The molecule has 0 aliphatic rings. The normalized spacial score (nSPS) is 12.0. The molecule has 0 saturated carbocycles. The van der Waals surface area contributed by atoms with Crippen molar-refractivity contribution in [3.8, 4) is 5.75 Å². The third-order valence-corrected chi connectivity index (χ3v) is 3.55. The average molecular weight is 280 g/mol. The van der Waals surface area contributed by atoms with Crippen molar-refractivity contribution in [3.05, 3.63) is 77.4 Å². The Hall–Kier alpha value is -2.75. The van der Waals surface area contributed by atoms with Crippen LogP contribution in [0, 0.1) is 0 Å². The van der Waals surface area contributed by atoms with E-state index in [0.717, 1.165) is 29.0 Å². The lowest BCUT2D eigenvalue weighted by Crippen LogP contribution is -2.04. The molecule has 0 fully saturated rings. The lowest BCUT2D eigenvalue weighted by atomic mass is 9.92. The number of ether oxygens (including phenoxy) is 1. The number of methoxy groups -OCH3 is 1. The Balaban J connectivity index is 2.05. The molecule has 3 aromatic rings. The third kappa shape index (κ3) is 2.60. The molecule has 0 spiro atoms. The number of carbonyl (C=O) groups excluding carboxylic acids is 1. The molecule has 21 heavy (non-hydrogen) atoms. The minimum atomic E-state index is 0.0274. The number of carbonyl (C=O) groups is 1. The molecule has 4 nitrogen and oxygen atoms in total. The molecule has 106 valence electrons. The SMILES string of the molecule is COc1ccc(C(c2ccc[nH]2)c2ccc(C=O)[nH]2)cc1. The Morgan fingerprint density at radius 3 is 2.43 bits per heavy atom. The second kappa shape index (κ2) is 5.71. The fourth-order valence-corrected chi connectivity index (χ4v) is 2.51. The first-order valence-corrected chi connectivity index (χ1v) is 6.73. The predicted octanol–water partition coefficient (Wildman–Crippen LogP) is 3.34. The molecule has 2 N–H and O–H groups in total. The summed E-state index contributed by atoms with van der Waals surface area (Å²) < 4.78 is 5.20. The summed E-state index contributed by atoms with van der Waals surface area (Å²) in [6.07, 6.45) is 2.72. The lowest BCUT2D eigenvalue weighted by Gasteiger charge is -2.15. The molecule has 4 heteroatoms. The second-order valence-corrected chi connectivity index (χ2v) is 4.82. The zero-order valence-corrected chi connectivity index (χ0v) is 11.7. The van der Waals surface area contributed by atoms with Gasteiger partial charge in [0.05, 0.1) is 18.7 Å². The molecule has 0 radical (unpaired) electrons. The second-order valence-electron chi connectivity index (χ2n) is 4.82. The molecule has 1 atom stereocenters. The molecule has 2 heterocycles. The van der Waals surface area contributed by atoms with E-state index in [2.05, 4.69) is 9.97 Å². The molecular formula is C17H16N2O2. The summed E-state index contributed by atoms with van der Waals surface area (Å²) in [5.41, 5.74) is 3.75. The van der Waals surface area contributed by atoms with E-state index in [4.69, 9.17) is 4.74 Å². The maximum atomic E-state index is 10.9. The van der Waals surface area contributed by atoms with Crippen molar-refractivity contribution in [2.24, 2.45) is 0 Å². The van der Waals surface area contributed by atoms with Gasteiger partial charge in [0.2, 0.25) is 0 Å². The maximum Gasteiger partial charge on any atom is 0.166 e. The summed E-state index contributed by atoms with van der Waals surface area (Å²) in [5.74, 6) is 0.851. The fourth-order valence-electron chi connectivity index (χ4n) is 2.51. The van der Waals surface area contributed by atoms with Crippen LogP contribution < -0.4 is 4.74 Å². The minimum Gasteiger partial charge on any atom is -0.497 e. The number of aldehydes is 1. The summed E-state index contributed by atoms with van der Waals surface area (Å²) >= 11 is 0. The van der Waals surface area contributed by atoms with Crippen LogP contribution in [0.2, 0.25) is 0 Å². The Bertz CT molecular complexity index is 712. The van der Waals surface area contributed by atoms with E-state index < -0.39 is 0 Å². The number of hydrogen-bond acceptors (Lipinski definition) is 2. The fraction of sp³-hybridized carbons (Fsp3) is 0.118.